The van der Waals surface area contributed by atoms with Gasteiger partial charge in [-0.2, -0.15) is 0 Å². The van der Waals surface area contributed by atoms with Crippen LogP contribution >= 0.6 is 15.9 Å². The van der Waals surface area contributed by atoms with Gasteiger partial charge in [0.2, 0.25) is 5.91 Å². The van der Waals surface area contributed by atoms with Gasteiger partial charge in [-0.15, -0.1) is 0 Å². The number of carbonyl (C=O) groups excluding carboxylic acids is 1. The van der Waals surface area contributed by atoms with Gasteiger partial charge in [0.15, 0.2) is 0 Å². The van der Waals surface area contributed by atoms with Crippen molar-refractivity contribution in [1.29, 1.82) is 0 Å². The molecule has 0 radical (unpaired) electrons. The molecule has 0 bridgehead atoms. The molecule has 0 saturated carbocycles. The van der Waals surface area contributed by atoms with Crippen LogP contribution in [0.2, 0.25) is 0 Å². The van der Waals surface area contributed by atoms with E-state index in [0.29, 0.717) is 6.54 Å². The van der Waals surface area contributed by atoms with Gasteiger partial charge >= 0.3 is 0 Å². The third kappa shape index (κ3) is 3.01. The van der Waals surface area contributed by atoms with Crippen molar-refractivity contribution in [2.45, 2.75) is 0 Å². The monoisotopic (exact) mass is 348 g/mol. The lowest BCUT2D eigenvalue weighted by molar-refractivity contribution is -0.119. The first-order valence-electron chi connectivity index (χ1n) is 6.94. The van der Waals surface area contributed by atoms with Crippen LogP contribution in [-0.2, 0) is 4.79 Å². The Hall–Kier alpha value is -1.66. The molecule has 1 fully saturated rings. The van der Waals surface area contributed by atoms with Crippen molar-refractivity contribution in [2.75, 3.05) is 37.6 Å². The van der Waals surface area contributed by atoms with Gasteiger partial charge < -0.3 is 10.6 Å². The predicted molar refractivity (Wildman–Crippen MR) is 87.3 cm³/mol. The molecular formula is C15H17BrN4O. The lowest BCUT2D eigenvalue weighted by Gasteiger charge is -2.36. The van der Waals surface area contributed by atoms with E-state index in [-0.39, 0.29) is 5.91 Å². The third-order valence-electron chi connectivity index (χ3n) is 3.79. The number of benzene rings is 1. The summed E-state index contributed by atoms with van der Waals surface area (Å²) in [5.74, 6) is -0.262. The maximum Gasteiger partial charge on any atom is 0.231 e. The van der Waals surface area contributed by atoms with E-state index in [4.69, 9.17) is 5.73 Å². The van der Waals surface area contributed by atoms with Gasteiger partial charge in [-0.1, -0.05) is 12.1 Å². The maximum atomic E-state index is 11.0. The molecule has 110 valence electrons. The van der Waals surface area contributed by atoms with Crippen molar-refractivity contribution in [3.8, 4) is 0 Å². The summed E-state index contributed by atoms with van der Waals surface area (Å²) in [4.78, 5) is 19.9. The predicted octanol–water partition coefficient (Wildman–Crippen LogP) is 1.60. The fourth-order valence-corrected chi connectivity index (χ4v) is 3.24. The van der Waals surface area contributed by atoms with Crippen LogP contribution in [0.4, 0.5) is 5.69 Å². The number of hydrogen-bond acceptors (Lipinski definition) is 4. The van der Waals surface area contributed by atoms with Crippen LogP contribution in [0.25, 0.3) is 10.9 Å². The van der Waals surface area contributed by atoms with Crippen LogP contribution in [0.1, 0.15) is 0 Å². The zero-order valence-electron chi connectivity index (χ0n) is 11.6. The summed E-state index contributed by atoms with van der Waals surface area (Å²) in [7, 11) is 0. The highest BCUT2D eigenvalue weighted by molar-refractivity contribution is 9.10. The SMILES string of the molecule is NC(=O)CN1CCN(c2ccnc3c(Br)cccc23)CC1. The molecule has 0 spiro atoms. The number of fused-ring (bicyclic) bond motifs is 1. The second-order valence-corrected chi connectivity index (χ2v) is 6.05. The van der Waals surface area contributed by atoms with Crippen molar-refractivity contribution >= 4 is 38.4 Å². The zero-order valence-corrected chi connectivity index (χ0v) is 13.2. The number of anilines is 1. The van der Waals surface area contributed by atoms with Crippen LogP contribution in [0.5, 0.6) is 0 Å². The highest BCUT2D eigenvalue weighted by Crippen LogP contribution is 2.30. The molecule has 0 unspecified atom stereocenters. The standard InChI is InChI=1S/C15H17BrN4O/c16-12-3-1-2-11-13(4-5-18-15(11)12)20-8-6-19(7-9-20)10-14(17)21/h1-5H,6-10H2,(H2,17,21). The maximum absolute atomic E-state index is 11.0. The van der Waals surface area contributed by atoms with E-state index in [1.807, 2.05) is 18.3 Å². The Bertz CT molecular complexity index is 668. The fourth-order valence-electron chi connectivity index (χ4n) is 2.77. The molecule has 21 heavy (non-hydrogen) atoms. The van der Waals surface area contributed by atoms with Gasteiger partial charge in [0.05, 0.1) is 12.1 Å². The molecule has 1 aliphatic heterocycles. The van der Waals surface area contributed by atoms with E-state index < -0.39 is 0 Å². The van der Waals surface area contributed by atoms with Crippen molar-refractivity contribution in [3.05, 3.63) is 34.9 Å². The number of amides is 1. The average molecular weight is 349 g/mol. The van der Waals surface area contributed by atoms with Gasteiger partial charge in [0.25, 0.3) is 0 Å². The van der Waals surface area contributed by atoms with Gasteiger partial charge in [0, 0.05) is 47.9 Å². The lowest BCUT2D eigenvalue weighted by atomic mass is 10.1. The number of piperazine rings is 1. The second kappa shape index (κ2) is 5.99. The van der Waals surface area contributed by atoms with Gasteiger partial charge in [-0.25, -0.2) is 0 Å². The summed E-state index contributed by atoms with van der Waals surface area (Å²) in [6, 6.07) is 8.18. The highest BCUT2D eigenvalue weighted by Gasteiger charge is 2.20. The molecule has 1 aromatic carbocycles. The lowest BCUT2D eigenvalue weighted by Crippen LogP contribution is -2.48. The minimum atomic E-state index is -0.262. The molecule has 5 nitrogen and oxygen atoms in total. The van der Waals surface area contributed by atoms with E-state index in [2.05, 4.69) is 42.8 Å². The summed E-state index contributed by atoms with van der Waals surface area (Å²) in [5.41, 5.74) is 7.43. The second-order valence-electron chi connectivity index (χ2n) is 5.20. The molecule has 6 heteroatoms. The smallest absolute Gasteiger partial charge is 0.231 e. The number of nitrogens with two attached hydrogens (primary N) is 1. The molecule has 2 heterocycles. The van der Waals surface area contributed by atoms with Crippen molar-refractivity contribution in [3.63, 3.8) is 0 Å². The molecule has 2 aromatic rings. The molecule has 1 saturated heterocycles. The van der Waals surface area contributed by atoms with Crippen molar-refractivity contribution in [2.24, 2.45) is 5.73 Å². The Labute approximate surface area is 131 Å². The summed E-state index contributed by atoms with van der Waals surface area (Å²) >= 11 is 3.55. The average Bonchev–Trinajstić information content (AvgIpc) is 2.48. The number of aromatic nitrogens is 1. The molecule has 0 aliphatic carbocycles. The van der Waals surface area contributed by atoms with Crippen LogP contribution in [0, 0.1) is 0 Å². The minimum Gasteiger partial charge on any atom is -0.369 e. The molecular weight excluding hydrogens is 332 g/mol. The van der Waals surface area contributed by atoms with Gasteiger partial charge in [-0.05, 0) is 28.1 Å². The van der Waals surface area contributed by atoms with Gasteiger partial charge in [0.1, 0.15) is 0 Å². The summed E-state index contributed by atoms with van der Waals surface area (Å²) < 4.78 is 1.01. The zero-order chi connectivity index (χ0) is 14.8. The summed E-state index contributed by atoms with van der Waals surface area (Å²) in [6.07, 6.45) is 1.85. The fraction of sp³-hybridized carbons (Fsp3) is 0.333. The number of carbonyl (C=O) groups is 1. The summed E-state index contributed by atoms with van der Waals surface area (Å²) in [5, 5.41) is 1.15. The van der Waals surface area contributed by atoms with Crippen molar-refractivity contribution < 1.29 is 4.79 Å². The molecule has 0 atom stereocenters. The van der Waals surface area contributed by atoms with E-state index in [1.165, 1.54) is 5.69 Å². The summed E-state index contributed by atoms with van der Waals surface area (Å²) in [6.45, 7) is 3.82. The Morgan fingerprint density at radius 3 is 2.71 bits per heavy atom. The highest BCUT2D eigenvalue weighted by atomic mass is 79.9. The minimum absolute atomic E-state index is 0.262. The number of halogens is 1. The van der Waals surface area contributed by atoms with E-state index in [0.717, 1.165) is 41.6 Å². The Balaban J connectivity index is 1.83. The first kappa shape index (κ1) is 14.3. The first-order chi connectivity index (χ1) is 10.1. The molecule has 1 aliphatic rings. The quantitative estimate of drug-likeness (QED) is 0.915. The molecule has 1 amide bonds. The number of nitrogens with zero attached hydrogens (tertiary/aromatic N) is 3. The largest absolute Gasteiger partial charge is 0.369 e. The van der Waals surface area contributed by atoms with Crippen LogP contribution in [-0.4, -0.2) is 48.5 Å². The topological polar surface area (TPSA) is 62.5 Å². The normalized spacial score (nSPS) is 16.3. The van der Waals surface area contributed by atoms with Crippen molar-refractivity contribution in [1.82, 2.24) is 9.88 Å². The first-order valence-corrected chi connectivity index (χ1v) is 7.73. The van der Waals surface area contributed by atoms with Crippen LogP contribution < -0.4 is 10.6 Å². The van der Waals surface area contributed by atoms with E-state index in [9.17, 15) is 4.79 Å². The number of pyridine rings is 1. The third-order valence-corrected chi connectivity index (χ3v) is 4.43. The number of primary amides is 1. The van der Waals surface area contributed by atoms with E-state index >= 15 is 0 Å². The Morgan fingerprint density at radius 2 is 2.00 bits per heavy atom. The molecule has 2 N–H and O–H groups in total. The van der Waals surface area contributed by atoms with Gasteiger partial charge in [-0.3, -0.25) is 14.7 Å². The van der Waals surface area contributed by atoms with Crippen LogP contribution in [0.3, 0.4) is 0 Å². The van der Waals surface area contributed by atoms with Crippen LogP contribution in [0.15, 0.2) is 34.9 Å². The van der Waals surface area contributed by atoms with E-state index in [1.54, 1.807) is 0 Å². The molecule has 1 aromatic heterocycles. The Kier molecular flexibility index (Phi) is 4.07. The number of hydrogen-bond donors (Lipinski definition) is 1. The number of rotatable bonds is 3. The Morgan fingerprint density at radius 1 is 1.24 bits per heavy atom. The number of para-hydroxylation sites is 1. The molecule has 3 rings (SSSR count).